The van der Waals surface area contributed by atoms with E-state index in [1.54, 1.807) is 60.7 Å². The van der Waals surface area contributed by atoms with Crippen molar-refractivity contribution in [1.29, 1.82) is 0 Å². The first-order chi connectivity index (χ1) is 18.4. The molecule has 10 heteroatoms. The Hall–Kier alpha value is -4.21. The van der Waals surface area contributed by atoms with E-state index < -0.39 is 30.0 Å². The van der Waals surface area contributed by atoms with Crippen LogP contribution in [0.5, 0.6) is 0 Å². The third-order valence-electron chi connectivity index (χ3n) is 5.93. The first kappa shape index (κ1) is 25.4. The van der Waals surface area contributed by atoms with Gasteiger partial charge in [-0.3, -0.25) is 14.5 Å². The Morgan fingerprint density at radius 1 is 0.947 bits per heavy atom. The van der Waals surface area contributed by atoms with Gasteiger partial charge in [-0.05, 0) is 71.1 Å². The molecule has 38 heavy (non-hydrogen) atoms. The van der Waals surface area contributed by atoms with Crippen LogP contribution >= 0.6 is 22.9 Å². The molecule has 192 valence electrons. The summed E-state index contributed by atoms with van der Waals surface area (Å²) < 4.78 is 19.1. The second-order valence-electron chi connectivity index (χ2n) is 8.56. The van der Waals surface area contributed by atoms with Gasteiger partial charge in [-0.1, -0.05) is 41.9 Å². The second kappa shape index (κ2) is 11.0. The minimum Gasteiger partial charge on any atom is -0.438 e. The van der Waals surface area contributed by atoms with Crippen molar-refractivity contribution >= 4 is 52.2 Å². The lowest BCUT2D eigenvalue weighted by atomic mass is 10.00. The van der Waals surface area contributed by atoms with Crippen LogP contribution in [0.2, 0.25) is 5.02 Å². The average Bonchev–Trinajstić information content (AvgIpc) is 3.55. The molecule has 1 aliphatic rings. The van der Waals surface area contributed by atoms with E-state index in [0.29, 0.717) is 32.4 Å². The molecule has 2 atom stereocenters. The molecule has 2 unspecified atom stereocenters. The van der Waals surface area contributed by atoms with Gasteiger partial charge in [0.1, 0.15) is 5.82 Å². The summed E-state index contributed by atoms with van der Waals surface area (Å²) >= 11 is 7.44. The number of carbonyl (C=O) groups excluding carboxylic acids is 3. The highest BCUT2D eigenvalue weighted by Gasteiger charge is 2.47. The van der Waals surface area contributed by atoms with Gasteiger partial charge in [0, 0.05) is 16.4 Å². The molecule has 0 saturated carbocycles. The summed E-state index contributed by atoms with van der Waals surface area (Å²) in [7, 11) is 0. The zero-order valence-electron chi connectivity index (χ0n) is 19.8. The van der Waals surface area contributed by atoms with Crippen LogP contribution in [0.4, 0.5) is 20.6 Å². The fourth-order valence-electron chi connectivity index (χ4n) is 4.19. The van der Waals surface area contributed by atoms with Gasteiger partial charge >= 0.3 is 6.09 Å². The number of amides is 3. The van der Waals surface area contributed by atoms with Crippen molar-refractivity contribution in [3.8, 4) is 0 Å². The minimum absolute atomic E-state index is 0.0756. The normalized spacial score (nSPS) is 16.7. The van der Waals surface area contributed by atoms with E-state index in [4.69, 9.17) is 16.3 Å². The topological polar surface area (TPSA) is 87.7 Å². The number of nitrogens with zero attached hydrogens (tertiary/aromatic N) is 1. The van der Waals surface area contributed by atoms with Crippen molar-refractivity contribution in [3.05, 3.63) is 117 Å². The number of halogens is 2. The molecule has 3 amide bonds. The van der Waals surface area contributed by atoms with Crippen molar-refractivity contribution in [2.75, 3.05) is 10.6 Å². The molecule has 1 aliphatic heterocycles. The highest BCUT2D eigenvalue weighted by Crippen LogP contribution is 2.36. The van der Waals surface area contributed by atoms with E-state index in [9.17, 15) is 18.8 Å². The summed E-state index contributed by atoms with van der Waals surface area (Å²) in [5.41, 5.74) is 2.10. The molecular weight excluding hydrogens is 529 g/mol. The number of carbonyl (C=O) groups is 3. The maximum absolute atomic E-state index is 13.5. The number of hydrogen-bond acceptors (Lipinski definition) is 5. The molecule has 3 aromatic carbocycles. The first-order valence-electron chi connectivity index (χ1n) is 11.6. The Labute approximate surface area is 226 Å². The van der Waals surface area contributed by atoms with Gasteiger partial charge in [0.05, 0.1) is 11.4 Å². The fraction of sp³-hybridized carbons (Fsp3) is 0.107. The maximum Gasteiger partial charge on any atom is 0.411 e. The van der Waals surface area contributed by atoms with Crippen LogP contribution in [0.3, 0.4) is 0 Å². The largest absolute Gasteiger partial charge is 0.438 e. The third kappa shape index (κ3) is 5.69. The number of hydrogen-bond donors (Lipinski definition) is 2. The maximum atomic E-state index is 13.5. The first-order valence-corrected chi connectivity index (χ1v) is 12.9. The van der Waals surface area contributed by atoms with Gasteiger partial charge in [0.25, 0.3) is 11.8 Å². The van der Waals surface area contributed by atoms with Gasteiger partial charge in [0.15, 0.2) is 12.1 Å². The lowest BCUT2D eigenvalue weighted by Gasteiger charge is -2.24. The van der Waals surface area contributed by atoms with Crippen LogP contribution in [-0.2, 0) is 16.1 Å². The summed E-state index contributed by atoms with van der Waals surface area (Å²) in [4.78, 5) is 41.0. The lowest BCUT2D eigenvalue weighted by Crippen LogP contribution is -2.43. The molecule has 1 fully saturated rings. The van der Waals surface area contributed by atoms with Gasteiger partial charge in [-0.2, -0.15) is 0 Å². The number of nitrogens with one attached hydrogen (secondary N) is 2. The second-order valence-corrected chi connectivity index (χ2v) is 9.94. The number of thiophene rings is 1. The van der Waals surface area contributed by atoms with Crippen molar-refractivity contribution in [2.45, 2.75) is 18.7 Å². The van der Waals surface area contributed by atoms with Crippen molar-refractivity contribution in [1.82, 2.24) is 4.90 Å². The molecule has 2 heterocycles. The van der Waals surface area contributed by atoms with Crippen LogP contribution in [-0.4, -0.2) is 28.8 Å². The summed E-state index contributed by atoms with van der Waals surface area (Å²) in [5, 5.41) is 7.88. The predicted molar refractivity (Wildman–Crippen MR) is 144 cm³/mol. The summed E-state index contributed by atoms with van der Waals surface area (Å²) in [6.07, 6.45) is -1.65. The molecule has 4 aromatic rings. The lowest BCUT2D eigenvalue weighted by molar-refractivity contribution is -0.121. The molecule has 1 saturated heterocycles. The van der Waals surface area contributed by atoms with E-state index in [1.165, 1.54) is 40.5 Å². The highest BCUT2D eigenvalue weighted by molar-refractivity contribution is 7.12. The van der Waals surface area contributed by atoms with Crippen molar-refractivity contribution in [2.24, 2.45) is 0 Å². The summed E-state index contributed by atoms with van der Waals surface area (Å²) in [5.74, 6) is -1.22. The molecule has 1 aromatic heterocycles. The molecular formula is C28H21ClFN3O4S. The van der Waals surface area contributed by atoms with E-state index in [1.807, 2.05) is 5.38 Å². The Morgan fingerprint density at radius 2 is 1.74 bits per heavy atom. The standard InChI is InChI=1S/C28H21ClFN3O4S/c29-19-6-1-4-17(14-19)16-33-24(27(35)31-21-11-9-20(30)10-12-21)25(37-28(33)36)18-5-2-7-22(15-18)32-26(34)23-8-3-13-38-23/h1-15,24-25H,16H2,(H,31,35)(H,32,34). The van der Waals surface area contributed by atoms with Crippen LogP contribution in [0, 0.1) is 5.82 Å². The molecule has 2 N–H and O–H groups in total. The van der Waals surface area contributed by atoms with Crippen molar-refractivity contribution < 1.29 is 23.5 Å². The van der Waals surface area contributed by atoms with Crippen molar-refractivity contribution in [3.63, 3.8) is 0 Å². The molecule has 0 aliphatic carbocycles. The SMILES string of the molecule is O=C(Nc1cccc(C2OC(=O)N(Cc3cccc(Cl)c3)C2C(=O)Nc2ccc(F)cc2)c1)c1cccs1. The quantitative estimate of drug-likeness (QED) is 0.276. The monoisotopic (exact) mass is 549 g/mol. The smallest absolute Gasteiger partial charge is 0.411 e. The third-order valence-corrected chi connectivity index (χ3v) is 7.03. The molecule has 0 bridgehead atoms. The zero-order valence-corrected chi connectivity index (χ0v) is 21.3. The van der Waals surface area contributed by atoms with E-state index in [0.717, 1.165) is 0 Å². The van der Waals surface area contributed by atoms with Crippen LogP contribution in [0.25, 0.3) is 0 Å². The predicted octanol–water partition coefficient (Wildman–Crippen LogP) is 6.49. The van der Waals surface area contributed by atoms with E-state index in [-0.39, 0.29) is 12.5 Å². The number of benzene rings is 3. The van der Waals surface area contributed by atoms with E-state index >= 15 is 0 Å². The summed E-state index contributed by atoms with van der Waals surface area (Å²) in [6.45, 7) is 0.0756. The Bertz CT molecular complexity index is 1480. The van der Waals surface area contributed by atoms with Gasteiger partial charge in [-0.15, -0.1) is 11.3 Å². The van der Waals surface area contributed by atoms with Crippen LogP contribution in [0.1, 0.15) is 26.9 Å². The number of ether oxygens (including phenoxy) is 1. The van der Waals surface area contributed by atoms with Gasteiger partial charge in [0.2, 0.25) is 0 Å². The fourth-order valence-corrected chi connectivity index (χ4v) is 5.02. The van der Waals surface area contributed by atoms with E-state index in [2.05, 4.69) is 10.6 Å². The molecule has 0 radical (unpaired) electrons. The molecule has 5 rings (SSSR count). The number of rotatable bonds is 7. The molecule has 0 spiro atoms. The number of cyclic esters (lactones) is 1. The van der Waals surface area contributed by atoms with Crippen LogP contribution < -0.4 is 10.6 Å². The Morgan fingerprint density at radius 3 is 2.47 bits per heavy atom. The zero-order chi connectivity index (χ0) is 26.6. The van der Waals surface area contributed by atoms with Crippen LogP contribution in [0.15, 0.2) is 90.3 Å². The van der Waals surface area contributed by atoms with Gasteiger partial charge < -0.3 is 15.4 Å². The average molecular weight is 550 g/mol. The highest BCUT2D eigenvalue weighted by atomic mass is 35.5. The van der Waals surface area contributed by atoms with Gasteiger partial charge in [-0.25, -0.2) is 9.18 Å². The Balaban J connectivity index is 1.45. The minimum atomic E-state index is -1.06. The summed E-state index contributed by atoms with van der Waals surface area (Å²) in [6, 6.07) is 21.5. The molecule has 7 nitrogen and oxygen atoms in total. The Kier molecular flexibility index (Phi) is 7.39. The number of anilines is 2.